The first-order valence-corrected chi connectivity index (χ1v) is 6.15. The van der Waals surface area contributed by atoms with Gasteiger partial charge in [0.05, 0.1) is 12.0 Å². The SMILES string of the molecule is CCC(O)(CC)COc1ccc(CC(=O)O)cc1. The molecule has 2 N–H and O–H groups in total. The van der Waals surface area contributed by atoms with E-state index < -0.39 is 11.6 Å². The lowest BCUT2D eigenvalue weighted by atomic mass is 9.99. The van der Waals surface area contributed by atoms with Gasteiger partial charge in [0.25, 0.3) is 0 Å². The Morgan fingerprint density at radius 3 is 2.22 bits per heavy atom. The lowest BCUT2D eigenvalue weighted by molar-refractivity contribution is -0.136. The Bertz CT molecular complexity index is 379. The summed E-state index contributed by atoms with van der Waals surface area (Å²) in [6.45, 7) is 4.09. The fourth-order valence-electron chi connectivity index (χ4n) is 1.55. The predicted molar refractivity (Wildman–Crippen MR) is 68.8 cm³/mol. The molecule has 18 heavy (non-hydrogen) atoms. The van der Waals surface area contributed by atoms with Crippen LogP contribution in [0.4, 0.5) is 0 Å². The summed E-state index contributed by atoms with van der Waals surface area (Å²) < 4.78 is 5.52. The Hall–Kier alpha value is -1.55. The third kappa shape index (κ3) is 4.37. The highest BCUT2D eigenvalue weighted by Crippen LogP contribution is 2.18. The van der Waals surface area contributed by atoms with E-state index in [1.54, 1.807) is 24.3 Å². The van der Waals surface area contributed by atoms with Crippen LogP contribution < -0.4 is 4.74 Å². The van der Waals surface area contributed by atoms with Crippen LogP contribution in [0.1, 0.15) is 32.3 Å². The zero-order valence-corrected chi connectivity index (χ0v) is 10.8. The summed E-state index contributed by atoms with van der Waals surface area (Å²) in [6, 6.07) is 6.90. The molecule has 0 saturated carbocycles. The molecule has 0 atom stereocenters. The number of benzene rings is 1. The van der Waals surface area contributed by atoms with Gasteiger partial charge >= 0.3 is 5.97 Å². The van der Waals surface area contributed by atoms with Crippen LogP contribution in [-0.2, 0) is 11.2 Å². The van der Waals surface area contributed by atoms with E-state index in [1.807, 2.05) is 13.8 Å². The minimum absolute atomic E-state index is 0.00807. The molecule has 0 aromatic heterocycles. The zero-order valence-electron chi connectivity index (χ0n) is 10.8. The second kappa shape index (κ2) is 6.40. The van der Waals surface area contributed by atoms with Crippen molar-refractivity contribution in [2.75, 3.05) is 6.61 Å². The summed E-state index contributed by atoms with van der Waals surface area (Å²) in [6.07, 6.45) is 1.29. The summed E-state index contributed by atoms with van der Waals surface area (Å²) in [5, 5.41) is 18.7. The van der Waals surface area contributed by atoms with Crippen LogP contribution in [0.2, 0.25) is 0 Å². The molecule has 0 amide bonds. The van der Waals surface area contributed by atoms with Crippen LogP contribution >= 0.6 is 0 Å². The maximum absolute atomic E-state index is 10.5. The van der Waals surface area contributed by atoms with E-state index in [2.05, 4.69) is 0 Å². The third-order valence-corrected chi connectivity index (χ3v) is 3.10. The van der Waals surface area contributed by atoms with Crippen molar-refractivity contribution < 1.29 is 19.7 Å². The van der Waals surface area contributed by atoms with Gasteiger partial charge < -0.3 is 14.9 Å². The molecule has 0 fully saturated rings. The summed E-state index contributed by atoms with van der Waals surface area (Å²) in [7, 11) is 0. The Morgan fingerprint density at radius 1 is 1.22 bits per heavy atom. The van der Waals surface area contributed by atoms with Gasteiger partial charge in [0, 0.05) is 0 Å². The maximum atomic E-state index is 10.5. The monoisotopic (exact) mass is 252 g/mol. The molecule has 4 heteroatoms. The Kier molecular flexibility index (Phi) is 5.16. The molecule has 0 aliphatic rings. The number of aliphatic hydroxyl groups is 1. The van der Waals surface area contributed by atoms with E-state index in [4.69, 9.17) is 9.84 Å². The van der Waals surface area contributed by atoms with Gasteiger partial charge in [0.2, 0.25) is 0 Å². The molecule has 0 aliphatic heterocycles. The highest BCUT2D eigenvalue weighted by Gasteiger charge is 2.22. The van der Waals surface area contributed by atoms with E-state index >= 15 is 0 Å². The molecule has 0 heterocycles. The molecule has 0 bridgehead atoms. The molecule has 0 saturated heterocycles. The Balaban J connectivity index is 2.56. The normalized spacial score (nSPS) is 11.3. The van der Waals surface area contributed by atoms with Crippen LogP contribution in [0.15, 0.2) is 24.3 Å². The van der Waals surface area contributed by atoms with Crippen LogP contribution in [0.5, 0.6) is 5.75 Å². The minimum Gasteiger partial charge on any atom is -0.491 e. The van der Waals surface area contributed by atoms with Gasteiger partial charge in [-0.15, -0.1) is 0 Å². The Labute approximate surface area is 107 Å². The summed E-state index contributed by atoms with van der Waals surface area (Å²) >= 11 is 0. The molecular weight excluding hydrogens is 232 g/mol. The molecule has 0 unspecified atom stereocenters. The quantitative estimate of drug-likeness (QED) is 0.781. The van der Waals surface area contributed by atoms with Gasteiger partial charge in [-0.2, -0.15) is 0 Å². The van der Waals surface area contributed by atoms with Crippen molar-refractivity contribution in [2.24, 2.45) is 0 Å². The number of rotatable bonds is 7. The van der Waals surface area contributed by atoms with Crippen molar-refractivity contribution in [3.05, 3.63) is 29.8 Å². The number of hydrogen-bond acceptors (Lipinski definition) is 3. The summed E-state index contributed by atoms with van der Waals surface area (Å²) in [4.78, 5) is 10.5. The van der Waals surface area contributed by atoms with Crippen molar-refractivity contribution in [1.82, 2.24) is 0 Å². The topological polar surface area (TPSA) is 66.8 Å². The fraction of sp³-hybridized carbons (Fsp3) is 0.500. The van der Waals surface area contributed by atoms with E-state index in [9.17, 15) is 9.90 Å². The van der Waals surface area contributed by atoms with Gasteiger partial charge in [-0.1, -0.05) is 26.0 Å². The molecule has 100 valence electrons. The first-order chi connectivity index (χ1) is 8.49. The number of carboxylic acids is 1. The highest BCUT2D eigenvalue weighted by molar-refractivity contribution is 5.70. The van der Waals surface area contributed by atoms with Gasteiger partial charge in [-0.05, 0) is 30.5 Å². The first kappa shape index (κ1) is 14.5. The largest absolute Gasteiger partial charge is 0.491 e. The van der Waals surface area contributed by atoms with Crippen LogP contribution in [-0.4, -0.2) is 28.4 Å². The molecule has 1 rings (SSSR count). The maximum Gasteiger partial charge on any atom is 0.307 e. The molecule has 1 aromatic carbocycles. The average Bonchev–Trinajstić information content (AvgIpc) is 2.37. The molecule has 4 nitrogen and oxygen atoms in total. The number of aliphatic carboxylic acids is 1. The van der Waals surface area contributed by atoms with Crippen molar-refractivity contribution >= 4 is 5.97 Å². The lowest BCUT2D eigenvalue weighted by Crippen LogP contribution is -2.34. The van der Waals surface area contributed by atoms with Crippen LogP contribution in [0.25, 0.3) is 0 Å². The summed E-state index contributed by atoms with van der Waals surface area (Å²) in [5.41, 5.74) is -0.0594. The van der Waals surface area contributed by atoms with Crippen LogP contribution in [0, 0.1) is 0 Å². The highest BCUT2D eigenvalue weighted by atomic mass is 16.5. The fourth-order valence-corrected chi connectivity index (χ4v) is 1.55. The van der Waals surface area contributed by atoms with E-state index in [0.29, 0.717) is 18.6 Å². The Morgan fingerprint density at radius 2 is 1.78 bits per heavy atom. The second-order valence-electron chi connectivity index (χ2n) is 4.43. The molecular formula is C14H20O4. The van der Waals surface area contributed by atoms with Crippen molar-refractivity contribution in [1.29, 1.82) is 0 Å². The van der Waals surface area contributed by atoms with E-state index in [0.717, 1.165) is 5.56 Å². The zero-order chi connectivity index (χ0) is 13.6. The van der Waals surface area contributed by atoms with Gasteiger partial charge in [0.15, 0.2) is 0 Å². The van der Waals surface area contributed by atoms with Gasteiger partial charge in [-0.3, -0.25) is 4.79 Å². The number of carboxylic acid groups (broad SMARTS) is 1. The third-order valence-electron chi connectivity index (χ3n) is 3.10. The predicted octanol–water partition coefficient (Wildman–Crippen LogP) is 2.24. The van der Waals surface area contributed by atoms with Crippen molar-refractivity contribution in [3.8, 4) is 5.75 Å². The lowest BCUT2D eigenvalue weighted by Gasteiger charge is -2.25. The number of ether oxygens (including phenoxy) is 1. The molecule has 0 aliphatic carbocycles. The van der Waals surface area contributed by atoms with Gasteiger partial charge in [-0.25, -0.2) is 0 Å². The summed E-state index contributed by atoms with van der Waals surface area (Å²) in [5.74, 6) is -0.209. The van der Waals surface area contributed by atoms with Crippen molar-refractivity contribution in [3.63, 3.8) is 0 Å². The average molecular weight is 252 g/mol. The van der Waals surface area contributed by atoms with E-state index in [-0.39, 0.29) is 13.0 Å². The molecule has 1 aromatic rings. The first-order valence-electron chi connectivity index (χ1n) is 6.15. The minimum atomic E-state index is -0.852. The van der Waals surface area contributed by atoms with Gasteiger partial charge in [0.1, 0.15) is 12.4 Å². The number of hydrogen-bond donors (Lipinski definition) is 2. The van der Waals surface area contributed by atoms with E-state index in [1.165, 1.54) is 0 Å². The standard InChI is InChI=1S/C14H20O4/c1-3-14(17,4-2)10-18-12-7-5-11(6-8-12)9-13(15)16/h5-8,17H,3-4,9-10H2,1-2H3,(H,15,16). The number of carbonyl (C=O) groups is 1. The molecule has 0 radical (unpaired) electrons. The van der Waals surface area contributed by atoms with Crippen LogP contribution in [0.3, 0.4) is 0 Å². The smallest absolute Gasteiger partial charge is 0.307 e. The molecule has 0 spiro atoms. The second-order valence-corrected chi connectivity index (χ2v) is 4.43. The van der Waals surface area contributed by atoms with Crippen molar-refractivity contribution in [2.45, 2.75) is 38.7 Å².